The highest BCUT2D eigenvalue weighted by Gasteiger charge is 2.26. The Bertz CT molecular complexity index is 404. The monoisotopic (exact) mass is 176 g/mol. The first-order valence-corrected chi connectivity index (χ1v) is 4.80. The van der Waals surface area contributed by atoms with Crippen LogP contribution in [-0.4, -0.2) is 4.98 Å². The zero-order valence-electron chi connectivity index (χ0n) is 7.39. The van der Waals surface area contributed by atoms with Crippen molar-refractivity contribution in [2.45, 2.75) is 31.8 Å². The van der Waals surface area contributed by atoms with Crippen LogP contribution in [0, 0.1) is 0 Å². The van der Waals surface area contributed by atoms with Crippen molar-refractivity contribution in [1.82, 2.24) is 10.3 Å². The van der Waals surface area contributed by atoms with Crippen LogP contribution in [0.2, 0.25) is 0 Å². The van der Waals surface area contributed by atoms with Gasteiger partial charge in [0.2, 0.25) is 0 Å². The second-order valence-corrected chi connectivity index (χ2v) is 3.94. The van der Waals surface area contributed by atoms with E-state index in [1.54, 1.807) is 0 Å². The van der Waals surface area contributed by atoms with Gasteiger partial charge in [0.1, 0.15) is 0 Å². The van der Waals surface area contributed by atoms with Crippen molar-refractivity contribution in [1.29, 1.82) is 0 Å². The molecule has 1 aliphatic carbocycles. The van der Waals surface area contributed by atoms with Crippen LogP contribution in [0.15, 0.2) is 10.9 Å². The van der Waals surface area contributed by atoms with Crippen molar-refractivity contribution in [3.05, 3.63) is 33.2 Å². The number of rotatable bonds is 1. The molecule has 3 nitrogen and oxygen atoms in total. The SMILES string of the molecule is O=c1[nH]c(C2CC2)cc2c1CNC2. The van der Waals surface area contributed by atoms with Gasteiger partial charge in [0.05, 0.1) is 0 Å². The Morgan fingerprint density at radius 2 is 2.15 bits per heavy atom. The van der Waals surface area contributed by atoms with E-state index in [0.29, 0.717) is 5.92 Å². The number of H-pyrrole nitrogens is 1. The number of fused-ring (bicyclic) bond motifs is 1. The minimum absolute atomic E-state index is 0.115. The minimum atomic E-state index is 0.115. The van der Waals surface area contributed by atoms with E-state index in [9.17, 15) is 4.79 Å². The van der Waals surface area contributed by atoms with Crippen LogP contribution in [-0.2, 0) is 13.1 Å². The normalized spacial score (nSPS) is 20.3. The summed E-state index contributed by atoms with van der Waals surface area (Å²) in [5.41, 5.74) is 3.40. The van der Waals surface area contributed by atoms with E-state index >= 15 is 0 Å². The molecule has 3 heteroatoms. The van der Waals surface area contributed by atoms with Gasteiger partial charge >= 0.3 is 0 Å². The average molecular weight is 176 g/mol. The van der Waals surface area contributed by atoms with Gasteiger partial charge in [0.25, 0.3) is 5.56 Å². The van der Waals surface area contributed by atoms with Gasteiger partial charge in [0, 0.05) is 24.3 Å². The Labute approximate surface area is 76.2 Å². The third-order valence-electron chi connectivity index (χ3n) is 2.88. The maximum absolute atomic E-state index is 11.6. The van der Waals surface area contributed by atoms with Gasteiger partial charge in [-0.05, 0) is 30.4 Å². The van der Waals surface area contributed by atoms with Gasteiger partial charge in [-0.25, -0.2) is 0 Å². The summed E-state index contributed by atoms with van der Waals surface area (Å²) in [5, 5.41) is 3.20. The van der Waals surface area contributed by atoms with Gasteiger partial charge in [-0.2, -0.15) is 0 Å². The third-order valence-corrected chi connectivity index (χ3v) is 2.88. The molecule has 1 aromatic rings. The topological polar surface area (TPSA) is 44.9 Å². The number of aromatic amines is 1. The highest BCUT2D eigenvalue weighted by atomic mass is 16.1. The molecule has 1 aromatic heterocycles. The van der Waals surface area contributed by atoms with Crippen LogP contribution in [0.1, 0.15) is 35.6 Å². The molecule has 1 saturated carbocycles. The molecule has 3 rings (SSSR count). The van der Waals surface area contributed by atoms with E-state index in [0.717, 1.165) is 24.3 Å². The molecule has 0 aromatic carbocycles. The van der Waals surface area contributed by atoms with Crippen LogP contribution in [0.25, 0.3) is 0 Å². The maximum Gasteiger partial charge on any atom is 0.252 e. The van der Waals surface area contributed by atoms with E-state index in [2.05, 4.69) is 16.4 Å². The van der Waals surface area contributed by atoms with E-state index in [1.807, 2.05) is 0 Å². The van der Waals surface area contributed by atoms with Crippen molar-refractivity contribution < 1.29 is 0 Å². The van der Waals surface area contributed by atoms with Crippen LogP contribution in [0.4, 0.5) is 0 Å². The summed E-state index contributed by atoms with van der Waals surface area (Å²) in [6.45, 7) is 1.59. The van der Waals surface area contributed by atoms with E-state index in [4.69, 9.17) is 0 Å². The molecule has 0 spiro atoms. The molecular formula is C10H12N2O. The Morgan fingerprint density at radius 1 is 1.31 bits per heavy atom. The Hall–Kier alpha value is -1.09. The molecule has 13 heavy (non-hydrogen) atoms. The molecule has 2 aliphatic rings. The predicted molar refractivity (Wildman–Crippen MR) is 49.6 cm³/mol. The number of pyridine rings is 1. The van der Waals surface area contributed by atoms with Crippen molar-refractivity contribution in [2.75, 3.05) is 0 Å². The number of hydrogen-bond acceptors (Lipinski definition) is 2. The summed E-state index contributed by atoms with van der Waals surface area (Å²) in [6, 6.07) is 2.16. The summed E-state index contributed by atoms with van der Waals surface area (Å²) in [6.07, 6.45) is 2.48. The lowest BCUT2D eigenvalue weighted by Gasteiger charge is -2.01. The van der Waals surface area contributed by atoms with Gasteiger partial charge in [0.15, 0.2) is 0 Å². The fraction of sp³-hybridized carbons (Fsp3) is 0.500. The number of aromatic nitrogens is 1. The molecule has 0 atom stereocenters. The van der Waals surface area contributed by atoms with E-state index < -0.39 is 0 Å². The Balaban J connectivity index is 2.16. The standard InChI is InChI=1S/C10H12N2O/c13-10-8-5-11-4-7(8)3-9(12-10)6-1-2-6/h3,6,11H,1-2,4-5H2,(H,12,13). The highest BCUT2D eigenvalue weighted by molar-refractivity contribution is 5.32. The Morgan fingerprint density at radius 3 is 2.92 bits per heavy atom. The second kappa shape index (κ2) is 2.45. The van der Waals surface area contributed by atoms with E-state index in [-0.39, 0.29) is 5.56 Å². The first-order chi connectivity index (χ1) is 6.34. The first-order valence-electron chi connectivity index (χ1n) is 4.80. The van der Waals surface area contributed by atoms with Crippen molar-refractivity contribution in [3.8, 4) is 0 Å². The lowest BCUT2D eigenvalue weighted by molar-refractivity contribution is 0.762. The lowest BCUT2D eigenvalue weighted by atomic mass is 10.1. The van der Waals surface area contributed by atoms with Gasteiger partial charge in [-0.15, -0.1) is 0 Å². The lowest BCUT2D eigenvalue weighted by Crippen LogP contribution is -2.14. The molecule has 68 valence electrons. The molecule has 1 aliphatic heterocycles. The molecular weight excluding hydrogens is 164 g/mol. The summed E-state index contributed by atoms with van der Waals surface area (Å²) >= 11 is 0. The van der Waals surface area contributed by atoms with Crippen LogP contribution >= 0.6 is 0 Å². The first kappa shape index (κ1) is 7.33. The molecule has 0 unspecified atom stereocenters. The zero-order chi connectivity index (χ0) is 8.84. The third kappa shape index (κ3) is 1.11. The molecule has 2 N–H and O–H groups in total. The molecule has 2 heterocycles. The van der Waals surface area contributed by atoms with Crippen LogP contribution < -0.4 is 10.9 Å². The highest BCUT2D eigenvalue weighted by Crippen LogP contribution is 2.39. The molecule has 0 amide bonds. The zero-order valence-corrected chi connectivity index (χ0v) is 7.39. The van der Waals surface area contributed by atoms with Gasteiger partial charge in [-0.1, -0.05) is 0 Å². The smallest absolute Gasteiger partial charge is 0.252 e. The predicted octanol–water partition coefficient (Wildman–Crippen LogP) is 0.855. The molecule has 0 radical (unpaired) electrons. The summed E-state index contributed by atoms with van der Waals surface area (Å²) < 4.78 is 0. The van der Waals surface area contributed by atoms with Gasteiger partial charge < -0.3 is 10.3 Å². The van der Waals surface area contributed by atoms with Crippen molar-refractivity contribution >= 4 is 0 Å². The average Bonchev–Trinajstić information content (AvgIpc) is 2.85. The number of nitrogens with one attached hydrogen (secondary N) is 2. The summed E-state index contributed by atoms with van der Waals surface area (Å²) in [5.74, 6) is 0.638. The van der Waals surface area contributed by atoms with Crippen molar-refractivity contribution in [2.24, 2.45) is 0 Å². The Kier molecular flexibility index (Phi) is 1.38. The van der Waals surface area contributed by atoms with E-state index in [1.165, 1.54) is 18.4 Å². The second-order valence-electron chi connectivity index (χ2n) is 3.94. The molecule has 1 fully saturated rings. The minimum Gasteiger partial charge on any atom is -0.326 e. The summed E-state index contributed by atoms with van der Waals surface area (Å²) in [4.78, 5) is 14.5. The molecule has 0 saturated heterocycles. The van der Waals surface area contributed by atoms with Crippen LogP contribution in [0.5, 0.6) is 0 Å². The fourth-order valence-electron chi connectivity index (χ4n) is 1.95. The number of hydrogen-bond donors (Lipinski definition) is 2. The maximum atomic E-state index is 11.6. The molecule has 0 bridgehead atoms. The largest absolute Gasteiger partial charge is 0.326 e. The summed E-state index contributed by atoms with van der Waals surface area (Å²) in [7, 11) is 0. The van der Waals surface area contributed by atoms with Crippen molar-refractivity contribution in [3.63, 3.8) is 0 Å². The van der Waals surface area contributed by atoms with Gasteiger partial charge in [-0.3, -0.25) is 4.79 Å². The quantitative estimate of drug-likeness (QED) is 0.666. The van der Waals surface area contributed by atoms with Crippen LogP contribution in [0.3, 0.4) is 0 Å². The fourth-order valence-corrected chi connectivity index (χ4v) is 1.95.